The second-order valence-corrected chi connectivity index (χ2v) is 7.75. The monoisotopic (exact) mass is 378 g/mol. The van der Waals surface area contributed by atoms with Crippen LogP contribution in [-0.2, 0) is 14.9 Å². The van der Waals surface area contributed by atoms with Gasteiger partial charge in [0.1, 0.15) is 0 Å². The molecule has 2 aromatic carbocycles. The standard InChI is InChI=1S/C24H30N2O2/c1-5-28-23(27)24(4,10-6-11-25)20-7-8-22-19(16-20)9-12-26(22)21-14-17(2)13-18(3)15-21/h7-9,12-16H,5-6,10-11,25H2,1-4H3. The van der Waals surface area contributed by atoms with Crippen LogP contribution < -0.4 is 5.73 Å². The second-order valence-electron chi connectivity index (χ2n) is 7.75. The van der Waals surface area contributed by atoms with Crippen molar-refractivity contribution in [3.8, 4) is 5.69 Å². The third-order valence-electron chi connectivity index (χ3n) is 5.42. The van der Waals surface area contributed by atoms with Crippen LogP contribution in [0.15, 0.2) is 48.7 Å². The number of nitrogens with zero attached hydrogens (tertiary/aromatic N) is 1. The van der Waals surface area contributed by atoms with Crippen molar-refractivity contribution < 1.29 is 9.53 Å². The summed E-state index contributed by atoms with van der Waals surface area (Å²) < 4.78 is 7.58. The highest BCUT2D eigenvalue weighted by Crippen LogP contribution is 2.33. The van der Waals surface area contributed by atoms with Gasteiger partial charge in [-0.2, -0.15) is 0 Å². The van der Waals surface area contributed by atoms with Crippen molar-refractivity contribution in [1.29, 1.82) is 0 Å². The van der Waals surface area contributed by atoms with E-state index in [1.165, 1.54) is 11.1 Å². The first-order chi connectivity index (χ1) is 13.4. The molecule has 3 rings (SSSR count). The lowest BCUT2D eigenvalue weighted by atomic mass is 9.78. The number of ether oxygens (including phenoxy) is 1. The average Bonchev–Trinajstić information content (AvgIpc) is 3.08. The molecular formula is C24H30N2O2. The summed E-state index contributed by atoms with van der Waals surface area (Å²) in [6.45, 7) is 8.96. The Morgan fingerprint density at radius 1 is 1.11 bits per heavy atom. The fraction of sp³-hybridized carbons (Fsp3) is 0.375. The molecule has 0 bridgehead atoms. The van der Waals surface area contributed by atoms with Crippen LogP contribution in [0.3, 0.4) is 0 Å². The average molecular weight is 379 g/mol. The molecule has 4 heteroatoms. The predicted molar refractivity (Wildman–Crippen MR) is 115 cm³/mol. The lowest BCUT2D eigenvalue weighted by Crippen LogP contribution is -2.35. The number of carbonyl (C=O) groups excluding carboxylic acids is 1. The zero-order valence-corrected chi connectivity index (χ0v) is 17.3. The SMILES string of the molecule is CCOC(=O)C(C)(CCCN)c1ccc2c(ccn2-c2cc(C)cc(C)c2)c1. The summed E-state index contributed by atoms with van der Waals surface area (Å²) in [5, 5.41) is 1.11. The molecule has 0 saturated carbocycles. The van der Waals surface area contributed by atoms with Crippen LogP contribution in [0.25, 0.3) is 16.6 Å². The topological polar surface area (TPSA) is 57.2 Å². The van der Waals surface area contributed by atoms with E-state index in [9.17, 15) is 4.79 Å². The Labute approximate surface area is 167 Å². The highest BCUT2D eigenvalue weighted by Gasteiger charge is 2.36. The fourth-order valence-corrected chi connectivity index (χ4v) is 3.91. The van der Waals surface area contributed by atoms with E-state index in [1.54, 1.807) is 0 Å². The maximum Gasteiger partial charge on any atom is 0.316 e. The van der Waals surface area contributed by atoms with Gasteiger partial charge in [-0.3, -0.25) is 4.79 Å². The quantitative estimate of drug-likeness (QED) is 0.601. The number of aryl methyl sites for hydroxylation is 2. The number of esters is 1. The Balaban J connectivity index is 2.05. The van der Waals surface area contributed by atoms with Gasteiger partial charge in [-0.25, -0.2) is 0 Å². The molecule has 0 spiro atoms. The Hall–Kier alpha value is -2.59. The van der Waals surface area contributed by atoms with E-state index in [2.05, 4.69) is 67.1 Å². The molecule has 3 aromatic rings. The predicted octanol–water partition coefficient (Wildman–Crippen LogP) is 4.81. The summed E-state index contributed by atoms with van der Waals surface area (Å²) in [6, 6.07) is 14.9. The van der Waals surface area contributed by atoms with Gasteiger partial charge >= 0.3 is 5.97 Å². The molecule has 148 valence electrons. The third kappa shape index (κ3) is 3.83. The number of hydrogen-bond donors (Lipinski definition) is 1. The summed E-state index contributed by atoms with van der Waals surface area (Å²) in [7, 11) is 0. The van der Waals surface area contributed by atoms with Crippen molar-refractivity contribution in [2.45, 2.75) is 46.0 Å². The highest BCUT2D eigenvalue weighted by molar-refractivity contribution is 5.87. The maximum absolute atomic E-state index is 12.7. The largest absolute Gasteiger partial charge is 0.465 e. The molecular weight excluding hydrogens is 348 g/mol. The fourth-order valence-electron chi connectivity index (χ4n) is 3.91. The zero-order valence-electron chi connectivity index (χ0n) is 17.3. The summed E-state index contributed by atoms with van der Waals surface area (Å²) in [5.74, 6) is -0.184. The molecule has 0 saturated heterocycles. The maximum atomic E-state index is 12.7. The van der Waals surface area contributed by atoms with E-state index in [0.29, 0.717) is 19.6 Å². The number of fused-ring (bicyclic) bond motifs is 1. The van der Waals surface area contributed by atoms with Crippen molar-refractivity contribution in [2.24, 2.45) is 5.73 Å². The van der Waals surface area contributed by atoms with Gasteiger partial charge in [0.25, 0.3) is 0 Å². The van der Waals surface area contributed by atoms with Crippen molar-refractivity contribution in [3.63, 3.8) is 0 Å². The number of rotatable bonds is 7. The summed E-state index contributed by atoms with van der Waals surface area (Å²) in [4.78, 5) is 12.7. The van der Waals surface area contributed by atoms with E-state index in [0.717, 1.165) is 28.6 Å². The van der Waals surface area contributed by atoms with Gasteiger partial charge in [0, 0.05) is 17.3 Å². The van der Waals surface area contributed by atoms with Crippen LogP contribution in [0, 0.1) is 13.8 Å². The molecule has 1 atom stereocenters. The summed E-state index contributed by atoms with van der Waals surface area (Å²) in [6.07, 6.45) is 3.53. The molecule has 0 aliphatic carbocycles. The van der Waals surface area contributed by atoms with Crippen LogP contribution in [0.4, 0.5) is 0 Å². The van der Waals surface area contributed by atoms with Crippen molar-refractivity contribution in [1.82, 2.24) is 4.57 Å². The number of aromatic nitrogens is 1. The molecule has 4 nitrogen and oxygen atoms in total. The first-order valence-electron chi connectivity index (χ1n) is 9.96. The zero-order chi connectivity index (χ0) is 20.3. The number of benzene rings is 2. The summed E-state index contributed by atoms with van der Waals surface area (Å²) >= 11 is 0. The number of carbonyl (C=O) groups is 1. The Morgan fingerprint density at radius 3 is 2.46 bits per heavy atom. The minimum Gasteiger partial charge on any atom is -0.465 e. The molecule has 0 aliphatic rings. The second kappa shape index (κ2) is 8.19. The van der Waals surface area contributed by atoms with Gasteiger partial charge in [-0.1, -0.05) is 12.1 Å². The lowest BCUT2D eigenvalue weighted by molar-refractivity contribution is -0.149. The Bertz CT molecular complexity index is 969. The van der Waals surface area contributed by atoms with E-state index in [4.69, 9.17) is 10.5 Å². The minimum atomic E-state index is -0.689. The van der Waals surface area contributed by atoms with Gasteiger partial charge in [0.15, 0.2) is 0 Å². The van der Waals surface area contributed by atoms with Crippen molar-refractivity contribution in [2.75, 3.05) is 13.2 Å². The van der Waals surface area contributed by atoms with E-state index >= 15 is 0 Å². The molecule has 0 radical (unpaired) electrons. The lowest BCUT2D eigenvalue weighted by Gasteiger charge is -2.28. The minimum absolute atomic E-state index is 0.184. The Kier molecular flexibility index (Phi) is 5.90. The third-order valence-corrected chi connectivity index (χ3v) is 5.42. The van der Waals surface area contributed by atoms with Gasteiger partial charge in [-0.15, -0.1) is 0 Å². The summed E-state index contributed by atoms with van der Waals surface area (Å²) in [5.41, 5.74) is 10.8. The highest BCUT2D eigenvalue weighted by atomic mass is 16.5. The smallest absolute Gasteiger partial charge is 0.316 e. The molecule has 1 aromatic heterocycles. The molecule has 28 heavy (non-hydrogen) atoms. The van der Waals surface area contributed by atoms with Crippen LogP contribution in [0.2, 0.25) is 0 Å². The van der Waals surface area contributed by atoms with Gasteiger partial charge in [0.2, 0.25) is 0 Å². The van der Waals surface area contributed by atoms with Gasteiger partial charge in [0.05, 0.1) is 17.5 Å². The molecule has 0 amide bonds. The van der Waals surface area contributed by atoms with Crippen LogP contribution >= 0.6 is 0 Å². The van der Waals surface area contributed by atoms with Crippen molar-refractivity contribution >= 4 is 16.9 Å². The molecule has 1 heterocycles. The van der Waals surface area contributed by atoms with E-state index < -0.39 is 5.41 Å². The molecule has 0 fully saturated rings. The first kappa shape index (κ1) is 20.2. The first-order valence-corrected chi connectivity index (χ1v) is 9.96. The van der Waals surface area contributed by atoms with Crippen LogP contribution in [-0.4, -0.2) is 23.7 Å². The molecule has 0 aliphatic heterocycles. The normalized spacial score (nSPS) is 13.5. The van der Waals surface area contributed by atoms with Crippen molar-refractivity contribution in [3.05, 3.63) is 65.4 Å². The van der Waals surface area contributed by atoms with E-state index in [1.807, 2.05) is 13.8 Å². The Morgan fingerprint density at radius 2 is 1.82 bits per heavy atom. The van der Waals surface area contributed by atoms with Gasteiger partial charge in [-0.05, 0) is 94.1 Å². The van der Waals surface area contributed by atoms with E-state index in [-0.39, 0.29) is 5.97 Å². The molecule has 1 unspecified atom stereocenters. The number of nitrogens with two attached hydrogens (primary N) is 1. The van der Waals surface area contributed by atoms with Crippen LogP contribution in [0.5, 0.6) is 0 Å². The molecule has 2 N–H and O–H groups in total. The van der Waals surface area contributed by atoms with Gasteiger partial charge < -0.3 is 15.0 Å². The number of hydrogen-bond acceptors (Lipinski definition) is 3. The van der Waals surface area contributed by atoms with Crippen LogP contribution in [0.1, 0.15) is 43.4 Å².